The highest BCUT2D eigenvalue weighted by molar-refractivity contribution is 7.12. The molecule has 1 aromatic rings. The van der Waals surface area contributed by atoms with Crippen molar-refractivity contribution >= 4 is 22.9 Å². The zero-order valence-electron chi connectivity index (χ0n) is 29.9. The summed E-state index contributed by atoms with van der Waals surface area (Å²) >= 11 is 1.36. The highest BCUT2D eigenvalue weighted by Gasteiger charge is 2.65. The Morgan fingerprint density at radius 3 is 2.07 bits per heavy atom. The van der Waals surface area contributed by atoms with E-state index in [-0.39, 0.29) is 10.8 Å². The van der Waals surface area contributed by atoms with Gasteiger partial charge in [0.05, 0.1) is 0 Å². The van der Waals surface area contributed by atoms with E-state index < -0.39 is 5.97 Å². The van der Waals surface area contributed by atoms with E-state index in [0.29, 0.717) is 28.2 Å². The van der Waals surface area contributed by atoms with Gasteiger partial charge in [-0.3, -0.25) is 0 Å². The number of carbonyl (C=O) groups is 1. The molecule has 5 aliphatic carbocycles. The Morgan fingerprint density at radius 2 is 1.52 bits per heavy atom. The van der Waals surface area contributed by atoms with Crippen LogP contribution in [-0.4, -0.2) is 22.8 Å². The normalized spacial score (nSPS) is 35.6. The first kappa shape index (κ1) is 41.3. The van der Waals surface area contributed by atoms with Gasteiger partial charge in [0, 0.05) is 6.61 Å². The lowest BCUT2D eigenvalue weighted by atomic mass is 9.36. The van der Waals surface area contributed by atoms with Crippen LogP contribution in [0.15, 0.2) is 30.2 Å². The zero-order valence-corrected chi connectivity index (χ0v) is 30.7. The number of carboxylic acid groups (broad SMARTS) is 1. The fourth-order valence-electron chi connectivity index (χ4n) is 11.3. The number of rotatable bonds is 3. The first-order chi connectivity index (χ1) is 22.0. The molecule has 0 bridgehead atoms. The average Bonchev–Trinajstić information content (AvgIpc) is 3.73. The number of carboxylic acids is 1. The molecule has 0 amide bonds. The molecular formula is C42H62O3S. The van der Waals surface area contributed by atoms with E-state index in [1.165, 1.54) is 74.7 Å². The molecule has 4 unspecified atom stereocenters. The van der Waals surface area contributed by atoms with Crippen LogP contribution in [0.3, 0.4) is 0 Å². The number of hydrogen-bond donors (Lipinski definition) is 2. The molecule has 1 heterocycles. The average molecular weight is 647 g/mol. The van der Waals surface area contributed by atoms with Crippen LogP contribution in [0.5, 0.6) is 0 Å². The number of allylic oxidation sites excluding steroid dienone is 3. The monoisotopic (exact) mass is 646 g/mol. The third-order valence-electron chi connectivity index (χ3n) is 12.7. The van der Waals surface area contributed by atoms with E-state index in [1.54, 1.807) is 6.08 Å². The summed E-state index contributed by atoms with van der Waals surface area (Å²) in [7, 11) is 0. The largest absolute Gasteiger partial charge is 0.477 e. The maximum Gasteiger partial charge on any atom is 0.345 e. The molecule has 3 nitrogen and oxygen atoms in total. The Hall–Kier alpha value is -2.71. The van der Waals surface area contributed by atoms with Crippen molar-refractivity contribution in [2.75, 3.05) is 6.61 Å². The topological polar surface area (TPSA) is 57.5 Å². The fraction of sp³-hybridized carbons (Fsp3) is 0.643. The summed E-state index contributed by atoms with van der Waals surface area (Å²) in [5.74, 6) is 2.97. The summed E-state index contributed by atoms with van der Waals surface area (Å²) in [6, 6.07) is 1.90. The van der Waals surface area contributed by atoms with Gasteiger partial charge in [0.25, 0.3) is 0 Å². The lowest BCUT2D eigenvalue weighted by Gasteiger charge is -2.68. The van der Waals surface area contributed by atoms with Crippen LogP contribution in [0.4, 0.5) is 0 Å². The van der Waals surface area contributed by atoms with Crippen LogP contribution in [0.25, 0.3) is 5.57 Å². The quantitative estimate of drug-likeness (QED) is 0.254. The van der Waals surface area contributed by atoms with Crippen molar-refractivity contribution < 1.29 is 15.0 Å². The van der Waals surface area contributed by atoms with Crippen molar-refractivity contribution in [2.45, 2.75) is 113 Å². The Balaban J connectivity index is 0.000000868. The van der Waals surface area contributed by atoms with Crippen molar-refractivity contribution in [2.24, 2.45) is 51.2 Å². The molecule has 0 aliphatic heterocycles. The minimum absolute atomic E-state index is 0.0477. The molecule has 0 spiro atoms. The predicted octanol–water partition coefficient (Wildman–Crippen LogP) is 10.9. The van der Waals surface area contributed by atoms with Gasteiger partial charge in [-0.25, -0.2) is 4.79 Å². The molecule has 0 radical (unpaired) electrons. The number of terminal acetylenes is 3. The van der Waals surface area contributed by atoms with Crippen molar-refractivity contribution in [3.05, 3.63) is 40.6 Å². The maximum atomic E-state index is 11.5. The first-order valence-electron chi connectivity index (χ1n) is 17.2. The first-order valence-corrected chi connectivity index (χ1v) is 18.1. The van der Waals surface area contributed by atoms with Crippen molar-refractivity contribution in [3.8, 4) is 38.5 Å². The van der Waals surface area contributed by atoms with Crippen molar-refractivity contribution in [3.63, 3.8) is 0 Å². The summed E-state index contributed by atoms with van der Waals surface area (Å²) in [6.07, 6.45) is 41.2. The van der Waals surface area contributed by atoms with Gasteiger partial charge in [-0.05, 0) is 139 Å². The number of aliphatic hydroxyl groups excluding tert-OH is 1. The van der Waals surface area contributed by atoms with E-state index in [9.17, 15) is 15.0 Å². The number of thiophene rings is 1. The maximum absolute atomic E-state index is 11.5. The van der Waals surface area contributed by atoms with Crippen LogP contribution in [0.2, 0.25) is 0 Å². The molecule has 254 valence electrons. The third kappa shape index (κ3) is 7.08. The number of fused-ring (bicyclic) bond motifs is 7. The molecule has 4 saturated carbocycles. The Labute approximate surface area is 286 Å². The standard InChI is InChI=1S/C31H44O3S.C3H6.C2H6.3C2H2/c1-28(2)21(19-16-24(27(33)34)35-17-19)9-13-30(4)25(28)11-14-29(3)22-10-15-31(18-32)12-5-6-23(31)20(22)7-8-26(29)30;1-3-2;4*1-2/h9,16-17,20,22-23,25-26,32H,5-8,10-15,18H2,1-4H3,(H,33,34);3H,1H2,2H3;1-2H3;3*1-2H/t20-,22?,23?,25?,26?,29-,30-,31+;;;;;/m0...../s1. The lowest BCUT2D eigenvalue weighted by molar-refractivity contribution is -0.181. The van der Waals surface area contributed by atoms with Gasteiger partial charge in [-0.15, -0.1) is 56.5 Å². The zero-order chi connectivity index (χ0) is 35.5. The molecule has 0 aromatic carbocycles. The fourth-order valence-corrected chi connectivity index (χ4v) is 12.1. The van der Waals surface area contributed by atoms with Gasteiger partial charge >= 0.3 is 5.97 Å². The summed E-state index contributed by atoms with van der Waals surface area (Å²) in [4.78, 5) is 12.0. The summed E-state index contributed by atoms with van der Waals surface area (Å²) in [5, 5.41) is 21.9. The Kier molecular flexibility index (Phi) is 15.7. The molecule has 46 heavy (non-hydrogen) atoms. The number of aliphatic hydroxyl groups is 1. The van der Waals surface area contributed by atoms with Gasteiger partial charge < -0.3 is 10.2 Å². The van der Waals surface area contributed by atoms with Crippen LogP contribution < -0.4 is 0 Å². The van der Waals surface area contributed by atoms with E-state index in [4.69, 9.17) is 0 Å². The highest BCUT2D eigenvalue weighted by Crippen LogP contribution is 2.73. The second-order valence-electron chi connectivity index (χ2n) is 14.5. The summed E-state index contributed by atoms with van der Waals surface area (Å²) in [5.41, 5.74) is 3.51. The van der Waals surface area contributed by atoms with Gasteiger partial charge in [0.2, 0.25) is 0 Å². The summed E-state index contributed by atoms with van der Waals surface area (Å²) in [6.45, 7) is 19.8. The van der Waals surface area contributed by atoms with Crippen LogP contribution in [0.1, 0.15) is 128 Å². The Bertz CT molecular complexity index is 1210. The molecule has 4 heteroatoms. The van der Waals surface area contributed by atoms with Crippen molar-refractivity contribution in [1.29, 1.82) is 0 Å². The molecular weight excluding hydrogens is 585 g/mol. The smallest absolute Gasteiger partial charge is 0.345 e. The van der Waals surface area contributed by atoms with Gasteiger partial charge in [-0.1, -0.05) is 60.1 Å². The Morgan fingerprint density at radius 1 is 0.913 bits per heavy atom. The third-order valence-corrected chi connectivity index (χ3v) is 13.6. The number of aromatic carboxylic acids is 1. The van der Waals surface area contributed by atoms with E-state index in [2.05, 4.69) is 84.3 Å². The number of hydrogen-bond acceptors (Lipinski definition) is 3. The lowest BCUT2D eigenvalue weighted by Crippen LogP contribution is -2.61. The molecule has 0 saturated heterocycles. The van der Waals surface area contributed by atoms with Gasteiger partial charge in [0.1, 0.15) is 4.88 Å². The van der Waals surface area contributed by atoms with Crippen molar-refractivity contribution in [1.82, 2.24) is 0 Å². The second kappa shape index (κ2) is 17.4. The molecule has 2 N–H and O–H groups in total. The van der Waals surface area contributed by atoms with E-state index in [0.717, 1.165) is 35.7 Å². The highest BCUT2D eigenvalue weighted by atomic mass is 32.1. The summed E-state index contributed by atoms with van der Waals surface area (Å²) < 4.78 is 0. The molecule has 6 rings (SSSR count). The SMILES string of the molecule is C#C.C#C.C#C.C=CC.CC.CC1(C)C(c2csc(C(=O)O)c2)=CC[C@@]2(C)C1CC[C@@]1(C)C3CC[C@@]4(CO)CCCC4[C@H]3CCC12. The van der Waals surface area contributed by atoms with Gasteiger partial charge in [0.15, 0.2) is 0 Å². The molecule has 8 atom stereocenters. The van der Waals surface area contributed by atoms with Crippen LogP contribution in [0, 0.1) is 89.8 Å². The minimum Gasteiger partial charge on any atom is -0.477 e. The van der Waals surface area contributed by atoms with Crippen LogP contribution >= 0.6 is 11.3 Å². The minimum atomic E-state index is -0.814. The molecule has 5 aliphatic rings. The van der Waals surface area contributed by atoms with Gasteiger partial charge in [-0.2, -0.15) is 0 Å². The van der Waals surface area contributed by atoms with E-state index in [1.807, 2.05) is 26.8 Å². The van der Waals surface area contributed by atoms with Crippen LogP contribution in [-0.2, 0) is 0 Å². The molecule has 4 fully saturated rings. The predicted molar refractivity (Wildman–Crippen MR) is 199 cm³/mol. The second-order valence-corrected chi connectivity index (χ2v) is 15.4. The molecule has 1 aromatic heterocycles. The van der Waals surface area contributed by atoms with E-state index >= 15 is 0 Å².